The van der Waals surface area contributed by atoms with Crippen LogP contribution in [0, 0.1) is 0 Å². The van der Waals surface area contributed by atoms with Crippen molar-refractivity contribution >= 4 is 27.6 Å². The van der Waals surface area contributed by atoms with E-state index in [2.05, 4.69) is 20.9 Å². The van der Waals surface area contributed by atoms with E-state index in [4.69, 9.17) is 10.5 Å². The number of hydrogen-bond donors (Lipinski definition) is 1. The minimum absolute atomic E-state index is 0.0808. The molecule has 7 heteroatoms. The molecule has 1 aromatic rings. The number of nitrogen functional groups attached to an aromatic ring is 1. The lowest BCUT2D eigenvalue weighted by Gasteiger charge is -2.13. The number of halogens is 3. The lowest BCUT2D eigenvalue weighted by Crippen LogP contribution is -2.14. The van der Waals surface area contributed by atoms with Crippen LogP contribution in [0.2, 0.25) is 0 Å². The van der Waals surface area contributed by atoms with Gasteiger partial charge < -0.3 is 10.5 Å². The van der Waals surface area contributed by atoms with Gasteiger partial charge in [0.05, 0.1) is 35.3 Å². The first kappa shape index (κ1) is 13.8. The van der Waals surface area contributed by atoms with Gasteiger partial charge in [0.15, 0.2) is 0 Å². The van der Waals surface area contributed by atoms with E-state index < -0.39 is 18.0 Å². The molecule has 0 saturated heterocycles. The Labute approximate surface area is 105 Å². The maximum absolute atomic E-state index is 12.9. The summed E-state index contributed by atoms with van der Waals surface area (Å²) in [5.74, 6) is -0.857. The number of carbonyl (C=O) groups excluding carboxylic acids is 1. The number of nitrogens with zero attached hydrogens (tertiary/aromatic N) is 1. The Kier molecular flexibility index (Phi) is 4.80. The van der Waals surface area contributed by atoms with Crippen molar-refractivity contribution in [1.82, 2.24) is 4.98 Å². The van der Waals surface area contributed by atoms with Gasteiger partial charge in [0.2, 0.25) is 0 Å². The smallest absolute Gasteiger partial charge is 0.340 e. The van der Waals surface area contributed by atoms with E-state index >= 15 is 0 Å². The lowest BCUT2D eigenvalue weighted by molar-refractivity contribution is 0.0516. The van der Waals surface area contributed by atoms with Crippen LogP contribution >= 0.6 is 15.9 Å². The quantitative estimate of drug-likeness (QED) is 0.686. The van der Waals surface area contributed by atoms with Crippen molar-refractivity contribution in [3.63, 3.8) is 0 Å². The van der Waals surface area contributed by atoms with Crippen LogP contribution in [0.1, 0.15) is 35.0 Å². The van der Waals surface area contributed by atoms with E-state index in [-0.39, 0.29) is 28.9 Å². The van der Waals surface area contributed by atoms with Crippen LogP contribution in [0.3, 0.4) is 0 Å². The summed E-state index contributed by atoms with van der Waals surface area (Å²) in [6, 6.07) is 0. The van der Waals surface area contributed by atoms with E-state index in [1.807, 2.05) is 0 Å². The van der Waals surface area contributed by atoms with Crippen molar-refractivity contribution in [1.29, 1.82) is 0 Å². The molecule has 94 valence electrons. The van der Waals surface area contributed by atoms with Gasteiger partial charge in [-0.3, -0.25) is 4.98 Å². The van der Waals surface area contributed by atoms with Gasteiger partial charge in [-0.1, -0.05) is 15.9 Å². The van der Waals surface area contributed by atoms with Crippen LogP contribution in [-0.4, -0.2) is 17.6 Å². The van der Waals surface area contributed by atoms with Gasteiger partial charge in [-0.05, 0) is 6.92 Å². The van der Waals surface area contributed by atoms with Crippen molar-refractivity contribution in [2.45, 2.75) is 18.7 Å². The minimum atomic E-state index is -2.84. The van der Waals surface area contributed by atoms with Gasteiger partial charge in [-0.2, -0.15) is 0 Å². The number of hydrogen-bond acceptors (Lipinski definition) is 4. The largest absolute Gasteiger partial charge is 0.462 e. The number of anilines is 1. The molecule has 0 radical (unpaired) electrons. The minimum Gasteiger partial charge on any atom is -0.462 e. The first-order valence-electron chi connectivity index (χ1n) is 4.81. The molecule has 0 atom stereocenters. The second kappa shape index (κ2) is 5.90. The molecule has 0 aliphatic heterocycles. The monoisotopic (exact) mass is 308 g/mol. The van der Waals surface area contributed by atoms with E-state index in [0.29, 0.717) is 0 Å². The summed E-state index contributed by atoms with van der Waals surface area (Å²) >= 11 is 3.03. The second-order valence-electron chi connectivity index (χ2n) is 3.10. The summed E-state index contributed by atoms with van der Waals surface area (Å²) in [5, 5.41) is 0.110. The van der Waals surface area contributed by atoms with Crippen molar-refractivity contribution in [2.75, 3.05) is 12.3 Å². The summed E-state index contributed by atoms with van der Waals surface area (Å²) in [7, 11) is 0. The van der Waals surface area contributed by atoms with Gasteiger partial charge in [0.25, 0.3) is 6.43 Å². The molecule has 1 heterocycles. The fraction of sp³-hybridized carbons (Fsp3) is 0.400. The Morgan fingerprint density at radius 1 is 1.65 bits per heavy atom. The van der Waals surface area contributed by atoms with Gasteiger partial charge in [0.1, 0.15) is 0 Å². The van der Waals surface area contributed by atoms with Crippen LogP contribution in [0.25, 0.3) is 0 Å². The van der Waals surface area contributed by atoms with E-state index in [1.54, 1.807) is 6.92 Å². The summed E-state index contributed by atoms with van der Waals surface area (Å²) in [6.45, 7) is 1.68. The van der Waals surface area contributed by atoms with Gasteiger partial charge in [-0.15, -0.1) is 0 Å². The molecule has 1 aromatic heterocycles. The zero-order chi connectivity index (χ0) is 13.0. The number of rotatable bonds is 4. The fourth-order valence-corrected chi connectivity index (χ4v) is 1.80. The Balaban J connectivity index is 3.38. The van der Waals surface area contributed by atoms with Crippen LogP contribution in [-0.2, 0) is 10.1 Å². The molecule has 0 spiro atoms. The average Bonchev–Trinajstić information content (AvgIpc) is 2.28. The molecule has 0 aromatic carbocycles. The molecular weight excluding hydrogens is 298 g/mol. The maximum Gasteiger partial charge on any atom is 0.340 e. The summed E-state index contributed by atoms with van der Waals surface area (Å²) in [6.07, 6.45) is -1.66. The number of carbonyl (C=O) groups is 1. The van der Waals surface area contributed by atoms with Gasteiger partial charge in [-0.25, -0.2) is 13.6 Å². The Hall–Kier alpha value is -1.24. The number of aromatic nitrogens is 1. The first-order valence-corrected chi connectivity index (χ1v) is 5.93. The van der Waals surface area contributed by atoms with Crippen LogP contribution in [0.15, 0.2) is 6.20 Å². The zero-order valence-electron chi connectivity index (χ0n) is 9.04. The third-order valence-electron chi connectivity index (χ3n) is 2.05. The maximum atomic E-state index is 12.9. The van der Waals surface area contributed by atoms with Crippen LogP contribution in [0.4, 0.5) is 14.5 Å². The van der Waals surface area contributed by atoms with Crippen molar-refractivity contribution in [3.05, 3.63) is 23.0 Å². The molecular formula is C10H11BrF2N2O2. The number of nitrogens with two attached hydrogens (primary N) is 1. The summed E-state index contributed by atoms with van der Waals surface area (Å²) < 4.78 is 30.6. The molecule has 0 bridgehead atoms. The number of alkyl halides is 3. The van der Waals surface area contributed by atoms with Gasteiger partial charge >= 0.3 is 5.97 Å². The lowest BCUT2D eigenvalue weighted by atomic mass is 10.1. The molecule has 4 nitrogen and oxygen atoms in total. The highest BCUT2D eigenvalue weighted by molar-refractivity contribution is 9.08. The Morgan fingerprint density at radius 2 is 2.29 bits per heavy atom. The molecule has 0 amide bonds. The summed E-state index contributed by atoms with van der Waals surface area (Å²) in [5.41, 5.74) is 4.70. The number of esters is 1. The highest BCUT2D eigenvalue weighted by Gasteiger charge is 2.26. The fourth-order valence-electron chi connectivity index (χ4n) is 1.35. The number of pyridine rings is 1. The van der Waals surface area contributed by atoms with Crippen LogP contribution in [0.5, 0.6) is 0 Å². The van der Waals surface area contributed by atoms with Crippen molar-refractivity contribution in [2.24, 2.45) is 0 Å². The molecule has 0 aliphatic carbocycles. The SMILES string of the molecule is CCOC(=O)c1c(N)cnc(CBr)c1C(F)F. The molecule has 2 N–H and O–H groups in total. The van der Waals surface area contributed by atoms with Crippen molar-refractivity contribution < 1.29 is 18.3 Å². The predicted molar refractivity (Wildman–Crippen MR) is 62.2 cm³/mol. The summed E-state index contributed by atoms with van der Waals surface area (Å²) in [4.78, 5) is 15.3. The Morgan fingerprint density at radius 3 is 2.76 bits per heavy atom. The normalized spacial score (nSPS) is 10.6. The van der Waals surface area contributed by atoms with E-state index in [0.717, 1.165) is 0 Å². The van der Waals surface area contributed by atoms with Crippen LogP contribution < -0.4 is 5.73 Å². The molecule has 0 fully saturated rings. The molecule has 0 saturated carbocycles. The Bertz CT molecular complexity index is 427. The third-order valence-corrected chi connectivity index (χ3v) is 2.58. The second-order valence-corrected chi connectivity index (χ2v) is 3.66. The molecule has 17 heavy (non-hydrogen) atoms. The molecule has 0 unspecified atom stereocenters. The molecule has 1 rings (SSSR count). The zero-order valence-corrected chi connectivity index (χ0v) is 10.6. The van der Waals surface area contributed by atoms with Gasteiger partial charge in [0, 0.05) is 5.33 Å². The predicted octanol–water partition coefficient (Wildman–Crippen LogP) is 2.67. The molecule has 0 aliphatic rings. The van der Waals surface area contributed by atoms with Crippen molar-refractivity contribution in [3.8, 4) is 0 Å². The highest BCUT2D eigenvalue weighted by atomic mass is 79.9. The third kappa shape index (κ3) is 2.91. The van der Waals surface area contributed by atoms with E-state index in [9.17, 15) is 13.6 Å². The van der Waals surface area contributed by atoms with E-state index in [1.165, 1.54) is 6.20 Å². The highest BCUT2D eigenvalue weighted by Crippen LogP contribution is 2.30. The topological polar surface area (TPSA) is 65.2 Å². The standard InChI is InChI=1S/C10H11BrF2N2O2/c1-2-17-10(16)7-5(14)4-15-6(3-11)8(7)9(12)13/h4,9H,2-3,14H2,1H3. The number of ether oxygens (including phenoxy) is 1. The average molecular weight is 309 g/mol. The first-order chi connectivity index (χ1) is 8.02.